The van der Waals surface area contributed by atoms with Crippen LogP contribution in [-0.4, -0.2) is 18.0 Å². The lowest BCUT2D eigenvalue weighted by Crippen LogP contribution is -2.62. The molecule has 1 fully saturated rings. The molecule has 0 bridgehead atoms. The van der Waals surface area contributed by atoms with Crippen LogP contribution in [0.1, 0.15) is 80.1 Å². The molecule has 1 rings (SSSR count). The zero-order valence-corrected chi connectivity index (χ0v) is 13.3. The van der Waals surface area contributed by atoms with Crippen LogP contribution >= 0.6 is 0 Å². The fourth-order valence-corrected chi connectivity index (χ4v) is 3.74. The van der Waals surface area contributed by atoms with Crippen LogP contribution in [0, 0.1) is 5.41 Å². The van der Waals surface area contributed by atoms with Crippen LogP contribution in [0.5, 0.6) is 0 Å². The predicted molar refractivity (Wildman–Crippen MR) is 76.7 cm³/mol. The monoisotopic (exact) mass is 256 g/mol. The summed E-state index contributed by atoms with van der Waals surface area (Å²) in [5.41, 5.74) is 0.172. The van der Waals surface area contributed by atoms with Crippen molar-refractivity contribution >= 4 is 0 Å². The van der Waals surface area contributed by atoms with Crippen molar-refractivity contribution in [2.24, 2.45) is 5.41 Å². The second kappa shape index (κ2) is 5.92. The van der Waals surface area contributed by atoms with E-state index in [1.807, 2.05) is 0 Å². The molecular weight excluding hydrogens is 224 g/mol. The highest BCUT2D eigenvalue weighted by Gasteiger charge is 2.56. The van der Waals surface area contributed by atoms with Crippen LogP contribution < -0.4 is 0 Å². The first-order valence-corrected chi connectivity index (χ1v) is 7.87. The van der Waals surface area contributed by atoms with Crippen LogP contribution in [0.2, 0.25) is 0 Å². The Hall–Kier alpha value is -0.0800. The molecule has 1 aliphatic rings. The second-order valence-corrected chi connectivity index (χ2v) is 5.70. The van der Waals surface area contributed by atoms with Gasteiger partial charge < -0.3 is 9.47 Å². The molecule has 0 unspecified atom stereocenters. The minimum Gasteiger partial charge on any atom is -0.349 e. The first-order valence-electron chi connectivity index (χ1n) is 7.87. The molecular formula is C16H32O2. The van der Waals surface area contributed by atoms with Crippen molar-refractivity contribution in [2.45, 2.75) is 91.5 Å². The van der Waals surface area contributed by atoms with Crippen molar-refractivity contribution in [3.8, 4) is 0 Å². The van der Waals surface area contributed by atoms with Crippen LogP contribution in [0.4, 0.5) is 0 Å². The molecule has 0 radical (unpaired) electrons. The van der Waals surface area contributed by atoms with Gasteiger partial charge in [-0.05, 0) is 38.5 Å². The highest BCUT2D eigenvalue weighted by Crippen LogP contribution is 2.52. The normalized spacial score (nSPS) is 25.0. The Morgan fingerprint density at radius 1 is 0.722 bits per heavy atom. The molecule has 0 aromatic rings. The molecule has 0 amide bonds. The van der Waals surface area contributed by atoms with Crippen molar-refractivity contribution < 1.29 is 9.47 Å². The van der Waals surface area contributed by atoms with E-state index < -0.39 is 0 Å². The van der Waals surface area contributed by atoms with Gasteiger partial charge in [0.25, 0.3) is 0 Å². The van der Waals surface area contributed by atoms with E-state index in [4.69, 9.17) is 9.47 Å². The maximum absolute atomic E-state index is 6.63. The molecule has 108 valence electrons. The summed E-state index contributed by atoms with van der Waals surface area (Å²) in [4.78, 5) is 0. The smallest absolute Gasteiger partial charge is 0.168 e. The van der Waals surface area contributed by atoms with Gasteiger partial charge in [-0.25, -0.2) is 0 Å². The fraction of sp³-hybridized carbons (Fsp3) is 1.00. The second-order valence-electron chi connectivity index (χ2n) is 5.70. The Morgan fingerprint density at radius 2 is 1.22 bits per heavy atom. The molecule has 2 nitrogen and oxygen atoms in total. The van der Waals surface area contributed by atoms with Crippen LogP contribution in [0.25, 0.3) is 0 Å². The van der Waals surface area contributed by atoms with E-state index in [1.165, 1.54) is 0 Å². The Labute approximate surface area is 113 Å². The summed E-state index contributed by atoms with van der Waals surface area (Å²) in [7, 11) is 0. The summed E-state index contributed by atoms with van der Waals surface area (Å²) in [5, 5.41) is 0. The Kier molecular flexibility index (Phi) is 5.25. The molecule has 0 aliphatic carbocycles. The summed E-state index contributed by atoms with van der Waals surface area (Å²) in [6.07, 6.45) is 6.31. The van der Waals surface area contributed by atoms with Crippen LogP contribution in [0.15, 0.2) is 0 Å². The number of hydrogen-bond acceptors (Lipinski definition) is 2. The van der Waals surface area contributed by atoms with Gasteiger partial charge in [0.2, 0.25) is 0 Å². The molecule has 0 N–H and O–H groups in total. The minimum absolute atomic E-state index is 0.0131. The standard InChI is InChI=1S/C16H32O2/c1-7-14(8-2)13-17-16(11-5,12-6)18-15(14,9-3)10-4/h7-13H2,1-6H3. The van der Waals surface area contributed by atoms with Crippen LogP contribution in [-0.2, 0) is 9.47 Å². The molecule has 1 saturated heterocycles. The maximum Gasteiger partial charge on any atom is 0.168 e. The molecule has 1 aliphatic heterocycles. The van der Waals surface area contributed by atoms with E-state index in [9.17, 15) is 0 Å². The van der Waals surface area contributed by atoms with Crippen molar-refractivity contribution in [1.82, 2.24) is 0 Å². The molecule has 0 aromatic heterocycles. The third-order valence-electron chi connectivity index (χ3n) is 5.53. The topological polar surface area (TPSA) is 18.5 Å². The minimum atomic E-state index is -0.347. The van der Waals surface area contributed by atoms with E-state index in [0.717, 1.165) is 45.1 Å². The Bertz CT molecular complexity index is 248. The lowest BCUT2D eigenvalue weighted by Gasteiger charge is -2.58. The summed E-state index contributed by atoms with van der Waals surface area (Å²) in [5.74, 6) is -0.347. The average Bonchev–Trinajstić information content (AvgIpc) is 2.46. The SMILES string of the molecule is CCC1(CC)OCC(CC)(CC)C(CC)(CC)O1. The summed E-state index contributed by atoms with van der Waals surface area (Å²) >= 11 is 0. The van der Waals surface area contributed by atoms with E-state index >= 15 is 0 Å². The Balaban J connectivity index is 3.14. The molecule has 0 atom stereocenters. The third kappa shape index (κ3) is 2.22. The van der Waals surface area contributed by atoms with Gasteiger partial charge in [0, 0.05) is 5.41 Å². The molecule has 18 heavy (non-hydrogen) atoms. The fourth-order valence-electron chi connectivity index (χ4n) is 3.74. The zero-order chi connectivity index (χ0) is 13.9. The van der Waals surface area contributed by atoms with Gasteiger partial charge in [0.15, 0.2) is 5.79 Å². The quantitative estimate of drug-likeness (QED) is 0.672. The number of ether oxygens (including phenoxy) is 2. The van der Waals surface area contributed by atoms with Gasteiger partial charge in [-0.3, -0.25) is 0 Å². The summed E-state index contributed by atoms with van der Waals surface area (Å²) in [6.45, 7) is 14.3. The molecule has 0 spiro atoms. The van der Waals surface area contributed by atoms with Crippen LogP contribution in [0.3, 0.4) is 0 Å². The molecule has 2 heteroatoms. The van der Waals surface area contributed by atoms with Crippen molar-refractivity contribution in [3.63, 3.8) is 0 Å². The van der Waals surface area contributed by atoms with Gasteiger partial charge >= 0.3 is 0 Å². The van der Waals surface area contributed by atoms with Crippen molar-refractivity contribution in [2.75, 3.05) is 6.61 Å². The highest BCUT2D eigenvalue weighted by atomic mass is 16.7. The van der Waals surface area contributed by atoms with Gasteiger partial charge in [0.05, 0.1) is 12.2 Å². The summed E-state index contributed by atoms with van der Waals surface area (Å²) in [6, 6.07) is 0. The lowest BCUT2D eigenvalue weighted by molar-refractivity contribution is -0.378. The van der Waals surface area contributed by atoms with Gasteiger partial charge in [-0.1, -0.05) is 41.5 Å². The van der Waals surface area contributed by atoms with Gasteiger partial charge in [0.1, 0.15) is 0 Å². The molecule has 1 heterocycles. The molecule has 0 aromatic carbocycles. The maximum atomic E-state index is 6.63. The Morgan fingerprint density at radius 3 is 1.56 bits per heavy atom. The highest BCUT2D eigenvalue weighted by molar-refractivity contribution is 5.01. The third-order valence-corrected chi connectivity index (χ3v) is 5.53. The first kappa shape index (κ1) is 16.0. The van der Waals surface area contributed by atoms with Crippen molar-refractivity contribution in [1.29, 1.82) is 0 Å². The summed E-state index contributed by atoms with van der Waals surface area (Å²) < 4.78 is 12.8. The van der Waals surface area contributed by atoms with E-state index in [1.54, 1.807) is 0 Å². The predicted octanol–water partition coefficient (Wildman–Crippen LogP) is 4.91. The van der Waals surface area contributed by atoms with Gasteiger partial charge in [-0.15, -0.1) is 0 Å². The van der Waals surface area contributed by atoms with Gasteiger partial charge in [-0.2, -0.15) is 0 Å². The van der Waals surface area contributed by atoms with E-state index in [-0.39, 0.29) is 16.8 Å². The van der Waals surface area contributed by atoms with Crippen molar-refractivity contribution in [3.05, 3.63) is 0 Å². The zero-order valence-electron chi connectivity index (χ0n) is 13.3. The average molecular weight is 256 g/mol. The molecule has 0 saturated carbocycles. The number of rotatable bonds is 6. The number of hydrogen-bond donors (Lipinski definition) is 0. The van der Waals surface area contributed by atoms with E-state index in [0.29, 0.717) is 0 Å². The van der Waals surface area contributed by atoms with E-state index in [2.05, 4.69) is 41.5 Å². The lowest BCUT2D eigenvalue weighted by atomic mass is 9.64. The largest absolute Gasteiger partial charge is 0.349 e. The first-order chi connectivity index (χ1) is 8.53.